The standard InChI is InChI=1S/C30H43BN7O3/c1-5-9-25-24(6-2)35-28(29(32)41)30(36-25)34-23-11-7-10-21(18-23)12-14-33-26(39)20-37(4)27(40)19-22(31-3)13-17-38-15-8-16-38/h7,10-11,13,18H,5-6,8-9,12,14-17,19-20H2,1-4H3,(H2,32,41)(H,33,39)(H,34,36)/b22-13-. The summed E-state index contributed by atoms with van der Waals surface area (Å²) in [7, 11) is 3.61. The van der Waals surface area contributed by atoms with Crippen molar-refractivity contribution >= 4 is 36.5 Å². The van der Waals surface area contributed by atoms with E-state index in [1.54, 1.807) is 7.05 Å². The summed E-state index contributed by atoms with van der Waals surface area (Å²) in [4.78, 5) is 50.2. The molecule has 1 aromatic carbocycles. The van der Waals surface area contributed by atoms with Gasteiger partial charge in [0.2, 0.25) is 11.8 Å². The molecule has 0 aliphatic carbocycles. The lowest BCUT2D eigenvalue weighted by Gasteiger charge is -2.29. The molecule has 4 N–H and O–H groups in total. The molecule has 219 valence electrons. The minimum absolute atomic E-state index is 0.00591. The average molecular weight is 561 g/mol. The van der Waals surface area contributed by atoms with Gasteiger partial charge >= 0.3 is 0 Å². The first-order valence-electron chi connectivity index (χ1n) is 14.5. The van der Waals surface area contributed by atoms with Crippen molar-refractivity contribution in [3.05, 3.63) is 58.5 Å². The topological polar surface area (TPSA) is 134 Å². The Bertz CT molecular complexity index is 1250. The molecule has 11 heteroatoms. The van der Waals surface area contributed by atoms with Crippen molar-refractivity contribution in [1.82, 2.24) is 25.1 Å². The van der Waals surface area contributed by atoms with Gasteiger partial charge in [-0.1, -0.05) is 45.3 Å². The van der Waals surface area contributed by atoms with Gasteiger partial charge in [-0.25, -0.2) is 9.97 Å². The molecule has 3 rings (SSSR count). The largest absolute Gasteiger partial charge is 0.364 e. The van der Waals surface area contributed by atoms with Gasteiger partial charge in [0.15, 0.2) is 11.5 Å². The van der Waals surface area contributed by atoms with E-state index >= 15 is 0 Å². The highest BCUT2D eigenvalue weighted by Gasteiger charge is 2.18. The first-order valence-corrected chi connectivity index (χ1v) is 14.5. The number of aromatic nitrogens is 2. The molecule has 1 aliphatic heterocycles. The Morgan fingerprint density at radius 1 is 1.15 bits per heavy atom. The third-order valence-electron chi connectivity index (χ3n) is 7.12. The van der Waals surface area contributed by atoms with E-state index in [0.717, 1.165) is 60.6 Å². The van der Waals surface area contributed by atoms with Gasteiger partial charge in [0.25, 0.3) is 5.91 Å². The van der Waals surface area contributed by atoms with Crippen LogP contribution in [0.4, 0.5) is 11.5 Å². The number of hydrogen-bond donors (Lipinski definition) is 3. The fourth-order valence-corrected chi connectivity index (χ4v) is 4.54. The molecule has 0 bridgehead atoms. The van der Waals surface area contributed by atoms with Crippen molar-refractivity contribution in [3.63, 3.8) is 0 Å². The van der Waals surface area contributed by atoms with Crippen LogP contribution in [-0.4, -0.2) is 84.5 Å². The van der Waals surface area contributed by atoms with Crippen LogP contribution in [0.25, 0.3) is 0 Å². The summed E-state index contributed by atoms with van der Waals surface area (Å²) in [6, 6.07) is 7.68. The van der Waals surface area contributed by atoms with E-state index in [9.17, 15) is 14.4 Å². The number of primary amides is 1. The van der Waals surface area contributed by atoms with Crippen LogP contribution in [0, 0.1) is 0 Å². The SMILES string of the molecule is C[B]/C(=C\CN1CCC1)CC(=O)N(C)CC(=O)NCCc1cccc(Nc2nc(CCC)c(CC)nc2C(N)=O)c1. The predicted octanol–water partition coefficient (Wildman–Crippen LogP) is 2.68. The maximum absolute atomic E-state index is 12.6. The van der Waals surface area contributed by atoms with Gasteiger partial charge in [0, 0.05) is 32.2 Å². The molecule has 2 aromatic rings. The third kappa shape index (κ3) is 9.70. The highest BCUT2D eigenvalue weighted by atomic mass is 16.2. The monoisotopic (exact) mass is 560 g/mol. The second-order valence-electron chi connectivity index (χ2n) is 10.4. The third-order valence-corrected chi connectivity index (χ3v) is 7.12. The highest BCUT2D eigenvalue weighted by molar-refractivity contribution is 6.44. The smallest absolute Gasteiger partial charge is 0.271 e. The second kappa shape index (κ2) is 15.9. The Kier molecular flexibility index (Phi) is 12.3. The van der Waals surface area contributed by atoms with Crippen molar-refractivity contribution < 1.29 is 14.4 Å². The van der Waals surface area contributed by atoms with Gasteiger partial charge in [-0.3, -0.25) is 19.3 Å². The number of hydrogen-bond acceptors (Lipinski definition) is 7. The number of likely N-dealkylation sites (tertiary alicyclic amines) is 1. The quantitative estimate of drug-likeness (QED) is 0.269. The van der Waals surface area contributed by atoms with Crippen LogP contribution >= 0.6 is 0 Å². The molecular weight excluding hydrogens is 517 g/mol. The highest BCUT2D eigenvalue weighted by Crippen LogP contribution is 2.22. The van der Waals surface area contributed by atoms with Crippen LogP contribution in [-0.2, 0) is 28.9 Å². The predicted molar refractivity (Wildman–Crippen MR) is 163 cm³/mol. The molecule has 0 unspecified atom stereocenters. The maximum Gasteiger partial charge on any atom is 0.271 e. The van der Waals surface area contributed by atoms with Crippen LogP contribution in [0.1, 0.15) is 60.5 Å². The number of amides is 3. The lowest BCUT2D eigenvalue weighted by Crippen LogP contribution is -2.39. The number of nitrogens with one attached hydrogen (secondary N) is 2. The molecule has 0 spiro atoms. The minimum Gasteiger partial charge on any atom is -0.364 e. The van der Waals surface area contributed by atoms with Crippen molar-refractivity contribution in [2.75, 3.05) is 45.1 Å². The first kappa shape index (κ1) is 31.8. The van der Waals surface area contributed by atoms with E-state index in [2.05, 4.69) is 38.5 Å². The van der Waals surface area contributed by atoms with Gasteiger partial charge in [0.1, 0.15) is 7.28 Å². The van der Waals surface area contributed by atoms with E-state index in [0.29, 0.717) is 25.2 Å². The first-order chi connectivity index (χ1) is 19.7. The summed E-state index contributed by atoms with van der Waals surface area (Å²) in [5.74, 6) is -0.579. The minimum atomic E-state index is -0.633. The zero-order valence-electron chi connectivity index (χ0n) is 24.8. The van der Waals surface area contributed by atoms with Crippen LogP contribution in [0.15, 0.2) is 35.8 Å². The van der Waals surface area contributed by atoms with Crippen LogP contribution < -0.4 is 16.4 Å². The Morgan fingerprint density at radius 3 is 2.56 bits per heavy atom. The van der Waals surface area contributed by atoms with Crippen molar-refractivity contribution in [1.29, 1.82) is 0 Å². The Labute approximate surface area is 244 Å². The van der Waals surface area contributed by atoms with Gasteiger partial charge in [-0.2, -0.15) is 0 Å². The molecule has 2 heterocycles. The fraction of sp³-hybridized carbons (Fsp3) is 0.500. The summed E-state index contributed by atoms with van der Waals surface area (Å²) < 4.78 is 0. The molecular formula is C30H43BN7O3. The van der Waals surface area contributed by atoms with Crippen molar-refractivity contribution in [2.45, 2.75) is 59.2 Å². The number of anilines is 2. The lowest BCUT2D eigenvalue weighted by molar-refractivity contribution is -0.134. The van der Waals surface area contributed by atoms with Gasteiger partial charge in [-0.05, 0) is 56.5 Å². The normalized spacial score (nSPS) is 13.3. The molecule has 1 radical (unpaired) electrons. The Hall–Kier alpha value is -3.73. The molecule has 0 saturated carbocycles. The van der Waals surface area contributed by atoms with Crippen molar-refractivity contribution in [2.24, 2.45) is 5.73 Å². The van der Waals surface area contributed by atoms with Crippen molar-refractivity contribution in [3.8, 4) is 0 Å². The molecule has 1 saturated heterocycles. The molecule has 10 nitrogen and oxygen atoms in total. The number of carbonyl (C=O) groups excluding carboxylic acids is 3. The van der Waals surface area contributed by atoms with E-state index in [-0.39, 0.29) is 30.5 Å². The fourth-order valence-electron chi connectivity index (χ4n) is 4.54. The average Bonchev–Trinajstić information content (AvgIpc) is 2.91. The van der Waals surface area contributed by atoms with Crippen LogP contribution in [0.3, 0.4) is 0 Å². The molecule has 1 aliphatic rings. The molecule has 41 heavy (non-hydrogen) atoms. The zero-order chi connectivity index (χ0) is 29.8. The molecule has 0 atom stereocenters. The number of benzene rings is 1. The van der Waals surface area contributed by atoms with Gasteiger partial charge < -0.3 is 21.3 Å². The number of carbonyl (C=O) groups is 3. The molecule has 1 fully saturated rings. The van der Waals surface area contributed by atoms with E-state index in [1.165, 1.54) is 11.3 Å². The number of nitrogens with two attached hydrogens (primary N) is 1. The van der Waals surface area contributed by atoms with E-state index in [1.807, 2.05) is 45.3 Å². The number of nitrogens with zero attached hydrogens (tertiary/aromatic N) is 4. The summed E-state index contributed by atoms with van der Waals surface area (Å²) in [6.07, 6.45) is 6.56. The summed E-state index contributed by atoms with van der Waals surface area (Å²) in [5.41, 5.74) is 10.1. The summed E-state index contributed by atoms with van der Waals surface area (Å²) >= 11 is 0. The number of rotatable bonds is 16. The lowest BCUT2D eigenvalue weighted by atomic mass is 9.70. The second-order valence-corrected chi connectivity index (χ2v) is 10.4. The van der Waals surface area contributed by atoms with E-state index < -0.39 is 5.91 Å². The molecule has 3 amide bonds. The maximum atomic E-state index is 12.6. The van der Waals surface area contributed by atoms with E-state index in [4.69, 9.17) is 5.73 Å². The zero-order valence-corrected chi connectivity index (χ0v) is 24.8. The summed E-state index contributed by atoms with van der Waals surface area (Å²) in [6.45, 7) is 9.50. The van der Waals surface area contributed by atoms with Gasteiger partial charge in [-0.15, -0.1) is 5.47 Å². The van der Waals surface area contributed by atoms with Crippen LogP contribution in [0.5, 0.6) is 0 Å². The Morgan fingerprint density at radius 2 is 1.93 bits per heavy atom. The summed E-state index contributed by atoms with van der Waals surface area (Å²) in [5, 5.41) is 6.11. The number of aryl methyl sites for hydroxylation is 2. The number of likely N-dealkylation sites (N-methyl/N-ethyl adjacent to an activating group) is 1. The van der Waals surface area contributed by atoms with Crippen LogP contribution in [0.2, 0.25) is 6.82 Å². The van der Waals surface area contributed by atoms with Gasteiger partial charge in [0.05, 0.1) is 17.9 Å². The molecule has 1 aromatic heterocycles. The Balaban J connectivity index is 1.52.